The van der Waals surface area contributed by atoms with Crippen LogP contribution in [0.2, 0.25) is 0 Å². The maximum absolute atomic E-state index is 9.86. The van der Waals surface area contributed by atoms with E-state index in [1.807, 2.05) is 82.3 Å². The molecule has 6 heteroatoms. The van der Waals surface area contributed by atoms with Crippen LogP contribution < -0.4 is 16.0 Å². The van der Waals surface area contributed by atoms with E-state index in [2.05, 4.69) is 22.0 Å². The van der Waals surface area contributed by atoms with E-state index in [0.29, 0.717) is 21.4 Å². The Balaban J connectivity index is 2.42. The molecule has 28 heavy (non-hydrogen) atoms. The third kappa shape index (κ3) is 6.45. The smallest absolute Gasteiger partial charge is 0.175 e. The highest BCUT2D eigenvalue weighted by Gasteiger charge is 2.19. The van der Waals surface area contributed by atoms with Crippen LogP contribution in [0.3, 0.4) is 0 Å². The van der Waals surface area contributed by atoms with E-state index in [4.69, 9.17) is 24.4 Å². The van der Waals surface area contributed by atoms with Crippen molar-refractivity contribution in [2.75, 3.05) is 5.32 Å². The van der Waals surface area contributed by atoms with E-state index in [-0.39, 0.29) is 5.54 Å². The molecular weight excluding hydrogens is 384 g/mol. The van der Waals surface area contributed by atoms with Gasteiger partial charge < -0.3 is 16.0 Å². The molecule has 3 N–H and O–H groups in total. The van der Waals surface area contributed by atoms with Gasteiger partial charge in [-0.2, -0.15) is 5.26 Å². The Morgan fingerprint density at radius 2 is 1.68 bits per heavy atom. The summed E-state index contributed by atoms with van der Waals surface area (Å²) in [5.41, 5.74) is 3.42. The van der Waals surface area contributed by atoms with Crippen molar-refractivity contribution in [1.82, 2.24) is 10.6 Å². The van der Waals surface area contributed by atoms with Crippen LogP contribution in [0.5, 0.6) is 0 Å². The van der Waals surface area contributed by atoms with Gasteiger partial charge in [0.2, 0.25) is 0 Å². The highest BCUT2D eigenvalue weighted by molar-refractivity contribution is 7.81. The first-order chi connectivity index (χ1) is 13.2. The van der Waals surface area contributed by atoms with Crippen molar-refractivity contribution in [2.45, 2.75) is 33.2 Å². The Bertz CT molecular complexity index is 935. The predicted octanol–water partition coefficient (Wildman–Crippen LogP) is 4.93. The van der Waals surface area contributed by atoms with Crippen LogP contribution in [0.25, 0.3) is 5.70 Å². The number of nitriles is 1. The maximum Gasteiger partial charge on any atom is 0.175 e. The lowest BCUT2D eigenvalue weighted by Crippen LogP contribution is -2.41. The number of aryl methyl sites for hydroxylation is 1. The summed E-state index contributed by atoms with van der Waals surface area (Å²) in [7, 11) is 0. The summed E-state index contributed by atoms with van der Waals surface area (Å²) in [4.78, 5) is 0.376. The van der Waals surface area contributed by atoms with Crippen molar-refractivity contribution in [3.8, 4) is 6.07 Å². The van der Waals surface area contributed by atoms with Crippen LogP contribution >= 0.6 is 24.4 Å². The molecule has 4 nitrogen and oxygen atoms in total. The molecule has 0 unspecified atom stereocenters. The Labute approximate surface area is 177 Å². The molecule has 0 bridgehead atoms. The Hall–Kier alpha value is -2.75. The van der Waals surface area contributed by atoms with Crippen LogP contribution in [-0.4, -0.2) is 15.6 Å². The standard InChI is InChI=1S/C22H24N4S2/c1-15-9-8-10-16(13-15)19(18(14-23)20(27)26-22(2,3)4)25-21(28)24-17-11-6-5-7-12-17/h5-13H,1-4H3,(H,26,27)(H2,24,25,28)/b19-18-. The second-order valence-electron chi connectivity index (χ2n) is 7.38. The lowest BCUT2D eigenvalue weighted by molar-refractivity contribution is 0.515. The molecule has 0 aliphatic heterocycles. The number of rotatable bonds is 4. The fraction of sp³-hybridized carbons (Fsp3) is 0.227. The third-order valence-corrected chi connectivity index (χ3v) is 4.16. The third-order valence-electron chi connectivity index (χ3n) is 3.65. The number of nitrogens with zero attached hydrogens (tertiary/aromatic N) is 1. The van der Waals surface area contributed by atoms with E-state index in [0.717, 1.165) is 16.8 Å². The average Bonchev–Trinajstić information content (AvgIpc) is 2.61. The number of benzene rings is 2. The molecular formula is C22H24N4S2. The van der Waals surface area contributed by atoms with Crippen LogP contribution in [0.15, 0.2) is 60.2 Å². The summed E-state index contributed by atoms with van der Waals surface area (Å²) in [5.74, 6) is 0. The lowest BCUT2D eigenvalue weighted by atomic mass is 10.0. The van der Waals surface area contributed by atoms with Gasteiger partial charge in [0.15, 0.2) is 5.11 Å². The minimum atomic E-state index is -0.264. The van der Waals surface area contributed by atoms with Crippen LogP contribution in [0.1, 0.15) is 31.9 Å². The first-order valence-corrected chi connectivity index (χ1v) is 9.68. The van der Waals surface area contributed by atoms with Crippen molar-refractivity contribution in [1.29, 1.82) is 5.26 Å². The molecule has 2 aromatic carbocycles. The van der Waals surface area contributed by atoms with Crippen LogP contribution in [-0.2, 0) is 0 Å². The molecule has 144 valence electrons. The normalized spacial score (nSPS) is 11.7. The van der Waals surface area contributed by atoms with Gasteiger partial charge >= 0.3 is 0 Å². The summed E-state index contributed by atoms with van der Waals surface area (Å²) in [5, 5.41) is 19.8. The summed E-state index contributed by atoms with van der Waals surface area (Å²) < 4.78 is 0. The molecule has 0 saturated heterocycles. The molecule has 0 aliphatic rings. The molecule has 0 amide bonds. The summed E-state index contributed by atoms with van der Waals surface area (Å²) in [6, 6.07) is 19.7. The Morgan fingerprint density at radius 1 is 1.00 bits per heavy atom. The molecule has 0 saturated carbocycles. The molecule has 0 heterocycles. The van der Waals surface area contributed by atoms with Gasteiger partial charge in [0.25, 0.3) is 0 Å². The van der Waals surface area contributed by atoms with Gasteiger partial charge in [0.1, 0.15) is 16.6 Å². The maximum atomic E-state index is 9.86. The minimum Gasteiger partial charge on any atom is -0.371 e. The Kier molecular flexibility index (Phi) is 7.27. The Morgan fingerprint density at radius 3 is 2.25 bits per heavy atom. The number of para-hydroxylation sites is 1. The van der Waals surface area contributed by atoms with Crippen molar-refractivity contribution in [2.24, 2.45) is 0 Å². The molecule has 0 atom stereocenters. The predicted molar refractivity (Wildman–Crippen MR) is 125 cm³/mol. The number of nitrogens with one attached hydrogen (secondary N) is 3. The van der Waals surface area contributed by atoms with Crippen molar-refractivity contribution in [3.05, 3.63) is 71.3 Å². The molecule has 0 aliphatic carbocycles. The van der Waals surface area contributed by atoms with Gasteiger partial charge in [0, 0.05) is 11.2 Å². The topological polar surface area (TPSA) is 59.9 Å². The van der Waals surface area contributed by atoms with Gasteiger partial charge in [-0.3, -0.25) is 0 Å². The van der Waals surface area contributed by atoms with Crippen molar-refractivity contribution < 1.29 is 0 Å². The van der Waals surface area contributed by atoms with E-state index in [9.17, 15) is 5.26 Å². The fourth-order valence-electron chi connectivity index (χ4n) is 2.50. The average molecular weight is 409 g/mol. The zero-order valence-corrected chi connectivity index (χ0v) is 18.1. The van der Waals surface area contributed by atoms with Crippen molar-refractivity contribution in [3.63, 3.8) is 0 Å². The van der Waals surface area contributed by atoms with Gasteiger partial charge in [0.05, 0.1) is 5.70 Å². The van der Waals surface area contributed by atoms with Crippen molar-refractivity contribution >= 4 is 45.9 Å². The minimum absolute atomic E-state index is 0.264. The van der Waals surface area contributed by atoms with Gasteiger partial charge in [-0.1, -0.05) is 54.2 Å². The van der Waals surface area contributed by atoms with Crippen LogP contribution in [0, 0.1) is 18.3 Å². The molecule has 0 radical (unpaired) electrons. The number of hydrogen-bond donors (Lipinski definition) is 3. The van der Waals surface area contributed by atoms with Gasteiger partial charge in [-0.05, 0) is 63.7 Å². The van der Waals surface area contributed by atoms with Crippen LogP contribution in [0.4, 0.5) is 5.69 Å². The zero-order valence-electron chi connectivity index (χ0n) is 16.5. The second-order valence-corrected chi connectivity index (χ2v) is 8.20. The summed E-state index contributed by atoms with van der Waals surface area (Å²) >= 11 is 11.0. The largest absolute Gasteiger partial charge is 0.371 e. The molecule has 0 aromatic heterocycles. The first-order valence-electron chi connectivity index (χ1n) is 8.86. The van der Waals surface area contributed by atoms with Gasteiger partial charge in [-0.15, -0.1) is 0 Å². The van der Waals surface area contributed by atoms with E-state index < -0.39 is 0 Å². The zero-order chi connectivity index (χ0) is 20.7. The SMILES string of the molecule is Cc1cccc(/C(NC(=S)Nc2ccccc2)=C(\C#N)C(=S)NC(C)(C)C)c1. The second kappa shape index (κ2) is 9.45. The lowest BCUT2D eigenvalue weighted by Gasteiger charge is -2.24. The number of hydrogen-bond acceptors (Lipinski definition) is 3. The van der Waals surface area contributed by atoms with E-state index in [1.165, 1.54) is 0 Å². The number of anilines is 1. The van der Waals surface area contributed by atoms with E-state index in [1.54, 1.807) is 0 Å². The first kappa shape index (κ1) is 21.5. The highest BCUT2D eigenvalue weighted by atomic mass is 32.1. The fourth-order valence-corrected chi connectivity index (χ4v) is 3.17. The molecule has 2 rings (SSSR count). The summed E-state index contributed by atoms with van der Waals surface area (Å²) in [6.07, 6.45) is 0. The molecule has 0 spiro atoms. The molecule has 2 aromatic rings. The highest BCUT2D eigenvalue weighted by Crippen LogP contribution is 2.20. The monoisotopic (exact) mass is 408 g/mol. The molecule has 0 fully saturated rings. The quantitative estimate of drug-likeness (QED) is 0.379. The number of thiocarbonyl (C=S) groups is 2. The van der Waals surface area contributed by atoms with Gasteiger partial charge in [-0.25, -0.2) is 0 Å². The summed E-state index contributed by atoms with van der Waals surface area (Å²) in [6.45, 7) is 7.99. The van der Waals surface area contributed by atoms with E-state index >= 15 is 0 Å².